The van der Waals surface area contributed by atoms with Crippen molar-refractivity contribution in [1.82, 2.24) is 4.98 Å². The van der Waals surface area contributed by atoms with E-state index in [1.807, 2.05) is 75.1 Å². The van der Waals surface area contributed by atoms with Crippen molar-refractivity contribution in [2.75, 3.05) is 4.90 Å². The third-order valence-electron chi connectivity index (χ3n) is 5.62. The summed E-state index contributed by atoms with van der Waals surface area (Å²) in [4.78, 5) is 6.65. The van der Waals surface area contributed by atoms with Crippen LogP contribution >= 0.6 is 0 Å². The third kappa shape index (κ3) is 3.78. The Hall–Kier alpha value is -2.70. The summed E-state index contributed by atoms with van der Waals surface area (Å²) in [6.07, 6.45) is 1.77. The highest BCUT2D eigenvalue weighted by Crippen LogP contribution is 2.37. The van der Waals surface area contributed by atoms with Crippen LogP contribution in [0.1, 0.15) is 27.7 Å². The largest absolute Gasteiger partial charge is 0.496 e. The molecule has 3 aromatic rings. The van der Waals surface area contributed by atoms with Gasteiger partial charge in [0.25, 0.3) is 0 Å². The fraction of sp³-hybridized carbons (Fsp3) is 0.261. The lowest BCUT2D eigenvalue weighted by Crippen LogP contribution is -2.41. The van der Waals surface area contributed by atoms with Crippen LogP contribution in [-0.2, 0) is 9.31 Å². The third-order valence-corrected chi connectivity index (χ3v) is 5.62. The molecule has 0 amide bonds. The Kier molecular flexibility index (Phi) is 4.93. The summed E-state index contributed by atoms with van der Waals surface area (Å²) in [5.74, 6) is 0.453. The number of hydrogen-bond donors (Lipinski definition) is 0. The molecule has 0 radical (unpaired) electrons. The predicted octanol–water partition coefficient (Wildman–Crippen LogP) is 4.99. The second-order valence-electron chi connectivity index (χ2n) is 8.19. The number of halogens is 1. The lowest BCUT2D eigenvalue weighted by molar-refractivity contribution is 0.00578. The van der Waals surface area contributed by atoms with Crippen molar-refractivity contribution in [1.29, 1.82) is 0 Å². The van der Waals surface area contributed by atoms with Crippen LogP contribution in [0.4, 0.5) is 21.6 Å². The fourth-order valence-electron chi connectivity index (χ4n) is 3.23. The first-order chi connectivity index (χ1) is 13.8. The second-order valence-corrected chi connectivity index (χ2v) is 8.19. The van der Waals surface area contributed by atoms with E-state index in [2.05, 4.69) is 4.98 Å². The Morgan fingerprint density at radius 1 is 0.793 bits per heavy atom. The van der Waals surface area contributed by atoms with Gasteiger partial charge in [-0.1, -0.05) is 24.3 Å². The van der Waals surface area contributed by atoms with Crippen molar-refractivity contribution >= 4 is 29.8 Å². The van der Waals surface area contributed by atoms with Gasteiger partial charge in [-0.15, -0.1) is 0 Å². The molecule has 6 heteroatoms. The predicted molar refractivity (Wildman–Crippen MR) is 115 cm³/mol. The number of anilines is 3. The van der Waals surface area contributed by atoms with E-state index in [4.69, 9.17) is 9.31 Å². The number of pyridine rings is 1. The summed E-state index contributed by atoms with van der Waals surface area (Å²) in [6, 6.07) is 20.1. The van der Waals surface area contributed by atoms with Crippen LogP contribution in [0.3, 0.4) is 0 Å². The van der Waals surface area contributed by atoms with Gasteiger partial charge in [-0.05, 0) is 70.2 Å². The molecule has 0 saturated carbocycles. The Bertz CT molecular complexity index is 960. The molecule has 1 aliphatic heterocycles. The van der Waals surface area contributed by atoms with Crippen LogP contribution in [0, 0.1) is 5.82 Å². The normalized spacial score (nSPS) is 17.3. The van der Waals surface area contributed by atoms with Crippen molar-refractivity contribution in [2.24, 2.45) is 0 Å². The van der Waals surface area contributed by atoms with Gasteiger partial charge in [0.05, 0.1) is 11.2 Å². The van der Waals surface area contributed by atoms with Gasteiger partial charge in [-0.2, -0.15) is 0 Å². The summed E-state index contributed by atoms with van der Waals surface area (Å²) in [5.41, 5.74) is 1.82. The fourth-order valence-corrected chi connectivity index (χ4v) is 3.23. The highest BCUT2D eigenvalue weighted by Gasteiger charge is 2.51. The average Bonchev–Trinajstić information content (AvgIpc) is 2.92. The van der Waals surface area contributed by atoms with Crippen molar-refractivity contribution in [3.8, 4) is 0 Å². The van der Waals surface area contributed by atoms with E-state index >= 15 is 0 Å². The first-order valence-corrected chi connectivity index (χ1v) is 9.69. The van der Waals surface area contributed by atoms with Gasteiger partial charge in [0.15, 0.2) is 0 Å². The molecule has 0 bridgehead atoms. The van der Waals surface area contributed by atoms with Gasteiger partial charge < -0.3 is 9.31 Å². The molecule has 4 nitrogen and oxygen atoms in total. The minimum atomic E-state index is -0.461. The molecule has 2 aromatic carbocycles. The molecule has 4 rings (SSSR count). The van der Waals surface area contributed by atoms with Crippen molar-refractivity contribution < 1.29 is 13.7 Å². The standard InChI is InChI=1S/C23H24BFN2O2/c1-22(2)23(3,4)29-24(28-22)17-10-15-21(26-16-17)27(19-8-6-5-7-9-19)20-13-11-18(25)12-14-20/h5-16H,1-4H3. The number of para-hydroxylation sites is 1. The molecule has 148 valence electrons. The molecule has 1 aromatic heterocycles. The lowest BCUT2D eigenvalue weighted by atomic mass is 9.80. The van der Waals surface area contributed by atoms with Crippen LogP contribution in [-0.4, -0.2) is 23.3 Å². The molecular weight excluding hydrogens is 366 g/mol. The van der Waals surface area contributed by atoms with Gasteiger partial charge in [0, 0.05) is 23.0 Å². The van der Waals surface area contributed by atoms with Gasteiger partial charge in [-0.3, -0.25) is 4.90 Å². The summed E-state index contributed by atoms with van der Waals surface area (Å²) < 4.78 is 25.7. The molecule has 0 N–H and O–H groups in total. The molecule has 0 aliphatic carbocycles. The molecule has 0 spiro atoms. The van der Waals surface area contributed by atoms with Crippen LogP contribution in [0.2, 0.25) is 0 Å². The first kappa shape index (κ1) is 19.6. The molecule has 0 unspecified atom stereocenters. The number of benzene rings is 2. The number of hydrogen-bond acceptors (Lipinski definition) is 4. The Morgan fingerprint density at radius 3 is 1.93 bits per heavy atom. The molecule has 1 fully saturated rings. The Balaban J connectivity index is 1.67. The van der Waals surface area contributed by atoms with E-state index < -0.39 is 18.3 Å². The van der Waals surface area contributed by atoms with Gasteiger partial charge in [-0.25, -0.2) is 9.37 Å². The first-order valence-electron chi connectivity index (χ1n) is 9.69. The monoisotopic (exact) mass is 390 g/mol. The molecule has 1 saturated heterocycles. The minimum absolute atomic E-state index is 0.272. The van der Waals surface area contributed by atoms with E-state index in [0.717, 1.165) is 22.7 Å². The SMILES string of the molecule is CC1(C)OB(c2ccc(N(c3ccccc3)c3ccc(F)cc3)nc2)OC1(C)C. The van der Waals surface area contributed by atoms with Crippen molar-refractivity contribution in [3.05, 3.63) is 78.7 Å². The summed E-state index contributed by atoms with van der Waals surface area (Å²) in [7, 11) is -0.461. The zero-order valence-electron chi connectivity index (χ0n) is 17.1. The van der Waals surface area contributed by atoms with Gasteiger partial charge in [0.2, 0.25) is 0 Å². The molecule has 2 heterocycles. The quantitative estimate of drug-likeness (QED) is 0.588. The van der Waals surface area contributed by atoms with Gasteiger partial charge in [0.1, 0.15) is 11.6 Å². The van der Waals surface area contributed by atoms with Crippen LogP contribution < -0.4 is 10.4 Å². The molecular formula is C23H24BFN2O2. The Morgan fingerprint density at radius 2 is 1.38 bits per heavy atom. The summed E-state index contributed by atoms with van der Waals surface area (Å²) in [5, 5.41) is 0. The van der Waals surface area contributed by atoms with E-state index in [9.17, 15) is 4.39 Å². The Labute approximate surface area is 171 Å². The van der Waals surface area contributed by atoms with E-state index in [1.165, 1.54) is 12.1 Å². The second kappa shape index (κ2) is 7.28. The van der Waals surface area contributed by atoms with E-state index in [1.54, 1.807) is 18.3 Å². The smallest absolute Gasteiger partial charge is 0.399 e. The maximum absolute atomic E-state index is 13.4. The molecule has 29 heavy (non-hydrogen) atoms. The highest BCUT2D eigenvalue weighted by atomic mass is 19.1. The van der Waals surface area contributed by atoms with Crippen LogP contribution in [0.15, 0.2) is 72.9 Å². The zero-order valence-corrected chi connectivity index (χ0v) is 17.1. The van der Waals surface area contributed by atoms with Gasteiger partial charge >= 0.3 is 7.12 Å². The maximum Gasteiger partial charge on any atom is 0.496 e. The average molecular weight is 390 g/mol. The van der Waals surface area contributed by atoms with Crippen molar-refractivity contribution in [3.63, 3.8) is 0 Å². The number of nitrogens with zero attached hydrogens (tertiary/aromatic N) is 2. The van der Waals surface area contributed by atoms with Crippen LogP contribution in [0.25, 0.3) is 0 Å². The topological polar surface area (TPSA) is 34.6 Å². The zero-order chi connectivity index (χ0) is 20.6. The summed E-state index contributed by atoms with van der Waals surface area (Å²) >= 11 is 0. The number of aromatic nitrogens is 1. The minimum Gasteiger partial charge on any atom is -0.399 e. The van der Waals surface area contributed by atoms with Crippen molar-refractivity contribution in [2.45, 2.75) is 38.9 Å². The summed E-state index contributed by atoms with van der Waals surface area (Å²) in [6.45, 7) is 8.11. The van der Waals surface area contributed by atoms with E-state index in [-0.39, 0.29) is 5.82 Å². The van der Waals surface area contributed by atoms with Crippen LogP contribution in [0.5, 0.6) is 0 Å². The highest BCUT2D eigenvalue weighted by molar-refractivity contribution is 6.62. The number of rotatable bonds is 4. The van der Waals surface area contributed by atoms with E-state index in [0.29, 0.717) is 0 Å². The lowest BCUT2D eigenvalue weighted by Gasteiger charge is -2.32. The molecule has 0 atom stereocenters. The molecule has 1 aliphatic rings. The maximum atomic E-state index is 13.4.